The number of rotatable bonds is 14. The molecule has 0 spiro atoms. The molecule has 0 saturated heterocycles. The summed E-state index contributed by atoms with van der Waals surface area (Å²) in [6, 6.07) is 10.8. The monoisotopic (exact) mass is 304 g/mol. The van der Waals surface area contributed by atoms with Crippen LogP contribution in [0.5, 0.6) is 0 Å². The van der Waals surface area contributed by atoms with Crippen LogP contribution in [0.25, 0.3) is 0 Å². The van der Waals surface area contributed by atoms with Crippen LogP contribution < -0.4 is 11.3 Å². The Bertz CT molecular complexity index is 337. The van der Waals surface area contributed by atoms with Crippen LogP contribution in [0, 0.1) is 0 Å². The van der Waals surface area contributed by atoms with Crippen molar-refractivity contribution in [3.63, 3.8) is 0 Å². The van der Waals surface area contributed by atoms with Gasteiger partial charge in [-0.25, -0.2) is 0 Å². The van der Waals surface area contributed by atoms with Crippen LogP contribution >= 0.6 is 0 Å². The second kappa shape index (κ2) is 13.8. The number of benzene rings is 1. The molecule has 2 heteroatoms. The van der Waals surface area contributed by atoms with Gasteiger partial charge in [0.25, 0.3) is 0 Å². The second-order valence-electron chi connectivity index (χ2n) is 6.45. The van der Waals surface area contributed by atoms with E-state index in [-0.39, 0.29) is 0 Å². The van der Waals surface area contributed by atoms with Crippen LogP contribution in [0.1, 0.15) is 95.6 Å². The normalized spacial score (nSPS) is 12.5. The van der Waals surface area contributed by atoms with Crippen LogP contribution in [0.2, 0.25) is 0 Å². The van der Waals surface area contributed by atoms with Gasteiger partial charge in [-0.1, -0.05) is 108 Å². The van der Waals surface area contributed by atoms with Gasteiger partial charge in [0, 0.05) is 6.04 Å². The third kappa shape index (κ3) is 9.22. The highest BCUT2D eigenvalue weighted by atomic mass is 15.2. The second-order valence-corrected chi connectivity index (χ2v) is 6.45. The SMILES string of the molecule is CCCCCCCCCCCCC[C@H](NN)c1ccccc1. The van der Waals surface area contributed by atoms with Gasteiger partial charge in [0.1, 0.15) is 0 Å². The summed E-state index contributed by atoms with van der Waals surface area (Å²) in [5, 5.41) is 0. The summed E-state index contributed by atoms with van der Waals surface area (Å²) in [7, 11) is 0. The number of hydrazine groups is 1. The average Bonchev–Trinajstić information content (AvgIpc) is 2.57. The molecule has 2 nitrogen and oxygen atoms in total. The van der Waals surface area contributed by atoms with Crippen molar-refractivity contribution in [3.05, 3.63) is 35.9 Å². The van der Waals surface area contributed by atoms with Crippen molar-refractivity contribution in [2.75, 3.05) is 0 Å². The van der Waals surface area contributed by atoms with E-state index in [1.165, 1.54) is 76.2 Å². The molecule has 3 N–H and O–H groups in total. The van der Waals surface area contributed by atoms with Crippen molar-refractivity contribution >= 4 is 0 Å². The summed E-state index contributed by atoms with van der Waals surface area (Å²) >= 11 is 0. The number of nitrogens with two attached hydrogens (primary N) is 1. The molecule has 1 rings (SSSR count). The van der Waals surface area contributed by atoms with E-state index in [4.69, 9.17) is 5.84 Å². The zero-order valence-electron chi connectivity index (χ0n) is 14.5. The first-order valence-electron chi connectivity index (χ1n) is 9.39. The first kappa shape index (κ1) is 19.2. The minimum Gasteiger partial charge on any atom is -0.271 e. The highest BCUT2D eigenvalue weighted by Crippen LogP contribution is 2.19. The molecule has 0 saturated carbocycles. The lowest BCUT2D eigenvalue weighted by molar-refractivity contribution is 0.474. The molecule has 0 amide bonds. The molecule has 1 aromatic rings. The van der Waals surface area contributed by atoms with E-state index >= 15 is 0 Å². The Morgan fingerprint density at radius 1 is 0.773 bits per heavy atom. The Morgan fingerprint density at radius 3 is 1.77 bits per heavy atom. The molecule has 0 aliphatic rings. The maximum atomic E-state index is 5.69. The smallest absolute Gasteiger partial charge is 0.0460 e. The summed E-state index contributed by atoms with van der Waals surface area (Å²) in [5.41, 5.74) is 4.26. The van der Waals surface area contributed by atoms with E-state index < -0.39 is 0 Å². The van der Waals surface area contributed by atoms with Crippen LogP contribution in [0.4, 0.5) is 0 Å². The lowest BCUT2D eigenvalue weighted by Gasteiger charge is -2.16. The topological polar surface area (TPSA) is 38.0 Å². The standard InChI is InChI=1S/C20H36N2/c1-2-3-4-5-6-7-8-9-10-11-15-18-20(22-21)19-16-13-12-14-17-19/h12-14,16-17,20,22H,2-11,15,18,21H2,1H3/t20-/m0/s1. The molecule has 0 aliphatic heterocycles. The fourth-order valence-electron chi connectivity index (χ4n) is 3.04. The summed E-state index contributed by atoms with van der Waals surface area (Å²) < 4.78 is 0. The number of hydrogen-bond donors (Lipinski definition) is 2. The summed E-state index contributed by atoms with van der Waals surface area (Å²) in [6.45, 7) is 2.28. The Balaban J connectivity index is 1.94. The van der Waals surface area contributed by atoms with E-state index in [0.717, 1.165) is 6.42 Å². The van der Waals surface area contributed by atoms with Gasteiger partial charge >= 0.3 is 0 Å². The van der Waals surface area contributed by atoms with Gasteiger partial charge in [-0.3, -0.25) is 11.3 Å². The van der Waals surface area contributed by atoms with Crippen molar-refractivity contribution in [1.82, 2.24) is 5.43 Å². The average molecular weight is 305 g/mol. The number of unbranched alkanes of at least 4 members (excludes halogenated alkanes) is 10. The van der Waals surface area contributed by atoms with Crippen LogP contribution in [-0.4, -0.2) is 0 Å². The van der Waals surface area contributed by atoms with Gasteiger partial charge in [-0.2, -0.15) is 0 Å². The zero-order valence-corrected chi connectivity index (χ0v) is 14.5. The van der Waals surface area contributed by atoms with Gasteiger partial charge in [0.15, 0.2) is 0 Å². The Labute approximate surface area is 137 Å². The number of nitrogens with one attached hydrogen (secondary N) is 1. The van der Waals surface area contributed by atoms with Gasteiger partial charge in [0.2, 0.25) is 0 Å². The molecule has 22 heavy (non-hydrogen) atoms. The maximum Gasteiger partial charge on any atom is 0.0460 e. The van der Waals surface area contributed by atoms with Crippen LogP contribution in [0.15, 0.2) is 30.3 Å². The predicted octanol–water partition coefficient (Wildman–Crippen LogP) is 5.89. The van der Waals surface area contributed by atoms with Gasteiger partial charge in [0.05, 0.1) is 0 Å². The minimum atomic E-state index is 0.305. The first-order valence-corrected chi connectivity index (χ1v) is 9.39. The third-order valence-electron chi connectivity index (χ3n) is 4.50. The molecule has 0 fully saturated rings. The van der Waals surface area contributed by atoms with E-state index in [2.05, 4.69) is 42.7 Å². The van der Waals surface area contributed by atoms with Crippen molar-refractivity contribution in [2.24, 2.45) is 5.84 Å². The van der Waals surface area contributed by atoms with Crippen molar-refractivity contribution < 1.29 is 0 Å². The summed E-state index contributed by atoms with van der Waals surface area (Å²) in [5.74, 6) is 5.69. The Morgan fingerprint density at radius 2 is 1.27 bits per heavy atom. The minimum absolute atomic E-state index is 0.305. The summed E-state index contributed by atoms with van der Waals surface area (Å²) in [4.78, 5) is 0. The van der Waals surface area contributed by atoms with E-state index in [1.54, 1.807) is 0 Å². The van der Waals surface area contributed by atoms with Gasteiger partial charge in [-0.05, 0) is 12.0 Å². The largest absolute Gasteiger partial charge is 0.271 e. The molecular formula is C20H36N2. The Kier molecular flexibility index (Phi) is 12.0. The molecule has 126 valence electrons. The molecule has 0 unspecified atom stereocenters. The molecular weight excluding hydrogens is 268 g/mol. The molecule has 0 radical (unpaired) electrons. The van der Waals surface area contributed by atoms with Crippen molar-refractivity contribution in [1.29, 1.82) is 0 Å². The Hall–Kier alpha value is -0.860. The van der Waals surface area contributed by atoms with E-state index in [1.807, 2.05) is 0 Å². The predicted molar refractivity (Wildman–Crippen MR) is 97.6 cm³/mol. The highest BCUT2D eigenvalue weighted by molar-refractivity contribution is 5.18. The fraction of sp³-hybridized carbons (Fsp3) is 0.700. The van der Waals surface area contributed by atoms with E-state index in [0.29, 0.717) is 6.04 Å². The third-order valence-corrected chi connectivity index (χ3v) is 4.50. The van der Waals surface area contributed by atoms with Crippen LogP contribution in [0.3, 0.4) is 0 Å². The molecule has 0 heterocycles. The maximum absolute atomic E-state index is 5.69. The highest BCUT2D eigenvalue weighted by Gasteiger charge is 2.07. The first-order chi connectivity index (χ1) is 10.9. The summed E-state index contributed by atoms with van der Waals surface area (Å²) in [6.07, 6.45) is 16.4. The molecule has 1 atom stereocenters. The number of hydrogen-bond acceptors (Lipinski definition) is 2. The molecule has 0 aromatic heterocycles. The zero-order chi connectivity index (χ0) is 15.9. The molecule has 0 bridgehead atoms. The van der Waals surface area contributed by atoms with Crippen molar-refractivity contribution in [3.8, 4) is 0 Å². The van der Waals surface area contributed by atoms with Gasteiger partial charge < -0.3 is 0 Å². The van der Waals surface area contributed by atoms with Crippen molar-refractivity contribution in [2.45, 2.75) is 90.0 Å². The van der Waals surface area contributed by atoms with Gasteiger partial charge in [-0.15, -0.1) is 0 Å². The molecule has 0 aliphatic carbocycles. The quantitative estimate of drug-likeness (QED) is 0.255. The lowest BCUT2D eigenvalue weighted by atomic mass is 10.00. The van der Waals surface area contributed by atoms with E-state index in [9.17, 15) is 0 Å². The van der Waals surface area contributed by atoms with Crippen LogP contribution in [-0.2, 0) is 0 Å². The molecule has 1 aromatic carbocycles. The fourth-order valence-corrected chi connectivity index (χ4v) is 3.04. The lowest BCUT2D eigenvalue weighted by Crippen LogP contribution is -2.27.